The third-order valence-electron chi connectivity index (χ3n) is 3.57. The zero-order valence-electron chi connectivity index (χ0n) is 13.8. The maximum Gasteiger partial charge on any atom is 0.271 e. The molecule has 3 rings (SSSR count). The second-order valence-electron chi connectivity index (χ2n) is 5.42. The molecule has 0 bridgehead atoms. The van der Waals surface area contributed by atoms with Crippen molar-refractivity contribution in [3.8, 4) is 11.3 Å². The second kappa shape index (κ2) is 8.31. The fraction of sp³-hybridized carbons (Fsp3) is 0. The molecule has 0 spiro atoms. The number of furan rings is 1. The third kappa shape index (κ3) is 4.43. The fourth-order valence-corrected chi connectivity index (χ4v) is 3.84. The Morgan fingerprint density at radius 3 is 2.11 bits per heavy atom. The maximum atomic E-state index is 10.9. The molecule has 0 saturated heterocycles. The molecule has 2 aromatic carbocycles. The minimum atomic E-state index is -0.483. The van der Waals surface area contributed by atoms with Crippen LogP contribution >= 0.6 is 31.9 Å². The molecular formula is C17H10Br2N4O5. The van der Waals surface area contributed by atoms with Crippen molar-refractivity contribution in [2.75, 3.05) is 5.43 Å². The van der Waals surface area contributed by atoms with Gasteiger partial charge in [0.25, 0.3) is 11.4 Å². The van der Waals surface area contributed by atoms with Gasteiger partial charge in [0.2, 0.25) is 0 Å². The van der Waals surface area contributed by atoms with E-state index in [1.54, 1.807) is 12.1 Å². The highest BCUT2D eigenvalue weighted by Gasteiger charge is 2.17. The minimum Gasteiger partial charge on any atom is -0.455 e. The smallest absolute Gasteiger partial charge is 0.271 e. The number of hydrogen-bond acceptors (Lipinski definition) is 7. The molecule has 9 nitrogen and oxygen atoms in total. The number of hydrazone groups is 1. The molecule has 0 aliphatic carbocycles. The summed E-state index contributed by atoms with van der Waals surface area (Å²) < 4.78 is 6.73. The molecule has 3 aromatic rings. The molecule has 0 unspecified atom stereocenters. The molecule has 28 heavy (non-hydrogen) atoms. The van der Waals surface area contributed by atoms with Crippen molar-refractivity contribution in [2.45, 2.75) is 0 Å². The largest absolute Gasteiger partial charge is 0.455 e. The summed E-state index contributed by atoms with van der Waals surface area (Å²) in [6.45, 7) is 0. The van der Waals surface area contributed by atoms with Gasteiger partial charge in [0.05, 0.1) is 21.7 Å². The van der Waals surface area contributed by atoms with E-state index in [1.807, 2.05) is 0 Å². The van der Waals surface area contributed by atoms with E-state index in [0.29, 0.717) is 31.7 Å². The minimum absolute atomic E-state index is 0.00976. The predicted octanol–water partition coefficient (Wildman–Crippen LogP) is 5.73. The molecule has 1 N–H and O–H groups in total. The van der Waals surface area contributed by atoms with E-state index in [9.17, 15) is 20.2 Å². The van der Waals surface area contributed by atoms with Crippen LogP contribution in [0.25, 0.3) is 11.3 Å². The Kier molecular flexibility index (Phi) is 5.85. The van der Waals surface area contributed by atoms with Gasteiger partial charge < -0.3 is 4.42 Å². The predicted molar refractivity (Wildman–Crippen MR) is 111 cm³/mol. The highest BCUT2D eigenvalue weighted by atomic mass is 79.9. The molecule has 1 aromatic heterocycles. The van der Waals surface area contributed by atoms with E-state index in [4.69, 9.17) is 4.42 Å². The summed E-state index contributed by atoms with van der Waals surface area (Å²) in [6, 6.07) is 12.0. The molecule has 0 aliphatic heterocycles. The van der Waals surface area contributed by atoms with Gasteiger partial charge in [-0.15, -0.1) is 0 Å². The number of nitrogens with one attached hydrogen (secondary N) is 1. The van der Waals surface area contributed by atoms with E-state index in [-0.39, 0.29) is 11.4 Å². The van der Waals surface area contributed by atoms with Crippen LogP contribution in [0.3, 0.4) is 0 Å². The summed E-state index contributed by atoms with van der Waals surface area (Å²) in [4.78, 5) is 20.6. The molecule has 0 amide bonds. The molecular weight excluding hydrogens is 500 g/mol. The van der Waals surface area contributed by atoms with Gasteiger partial charge in [-0.25, -0.2) is 0 Å². The van der Waals surface area contributed by atoms with E-state index < -0.39 is 9.85 Å². The molecule has 0 aliphatic rings. The fourth-order valence-electron chi connectivity index (χ4n) is 2.29. The lowest BCUT2D eigenvalue weighted by atomic mass is 10.1. The summed E-state index contributed by atoms with van der Waals surface area (Å²) in [6.07, 6.45) is 1.44. The molecule has 0 atom stereocenters. The first-order chi connectivity index (χ1) is 13.3. The van der Waals surface area contributed by atoms with Crippen LogP contribution in [-0.4, -0.2) is 16.1 Å². The Morgan fingerprint density at radius 1 is 0.929 bits per heavy atom. The second-order valence-corrected chi connectivity index (χ2v) is 7.13. The lowest BCUT2D eigenvalue weighted by molar-refractivity contribution is -0.385. The standard InChI is InChI=1S/C17H10Br2N4O5/c18-14-7-12(23(26)27)8-15(19)17(14)16-6-5-13(28-16)9-20-21-10-1-3-11(4-2-10)22(24)25/h1-9,21H. The summed E-state index contributed by atoms with van der Waals surface area (Å²) in [5.74, 6) is 0.937. The normalized spacial score (nSPS) is 10.9. The van der Waals surface area contributed by atoms with Crippen molar-refractivity contribution in [3.05, 3.63) is 83.5 Å². The van der Waals surface area contributed by atoms with Crippen LogP contribution in [-0.2, 0) is 0 Å². The number of anilines is 1. The van der Waals surface area contributed by atoms with Gasteiger partial charge in [0, 0.05) is 38.8 Å². The van der Waals surface area contributed by atoms with Crippen molar-refractivity contribution in [1.82, 2.24) is 0 Å². The average molecular weight is 510 g/mol. The van der Waals surface area contributed by atoms with Gasteiger partial charge in [0.15, 0.2) is 0 Å². The van der Waals surface area contributed by atoms with Crippen LogP contribution in [0.2, 0.25) is 0 Å². The third-order valence-corrected chi connectivity index (χ3v) is 4.83. The number of hydrogen-bond donors (Lipinski definition) is 1. The van der Waals surface area contributed by atoms with Gasteiger partial charge >= 0.3 is 0 Å². The summed E-state index contributed by atoms with van der Waals surface area (Å²) in [5, 5.41) is 25.6. The number of benzene rings is 2. The zero-order chi connectivity index (χ0) is 20.3. The van der Waals surface area contributed by atoms with Crippen LogP contribution in [0.1, 0.15) is 5.76 Å². The Hall–Kier alpha value is -3.05. The van der Waals surface area contributed by atoms with Gasteiger partial charge in [0.1, 0.15) is 11.5 Å². The van der Waals surface area contributed by atoms with Gasteiger partial charge in [-0.3, -0.25) is 25.7 Å². The van der Waals surface area contributed by atoms with Crippen LogP contribution in [0, 0.1) is 20.2 Å². The molecule has 142 valence electrons. The number of nitro benzene ring substituents is 2. The monoisotopic (exact) mass is 508 g/mol. The van der Waals surface area contributed by atoms with Crippen LogP contribution in [0.15, 0.2) is 67.0 Å². The Bertz CT molecular complexity index is 1060. The number of rotatable bonds is 6. The molecule has 0 fully saturated rings. The van der Waals surface area contributed by atoms with Crippen molar-refractivity contribution >= 4 is 55.1 Å². The van der Waals surface area contributed by atoms with E-state index in [2.05, 4.69) is 42.4 Å². The molecule has 0 saturated carbocycles. The average Bonchev–Trinajstić information content (AvgIpc) is 3.10. The molecule has 1 heterocycles. The molecule has 11 heteroatoms. The van der Waals surface area contributed by atoms with Crippen molar-refractivity contribution in [2.24, 2.45) is 5.10 Å². The van der Waals surface area contributed by atoms with Crippen LogP contribution in [0.4, 0.5) is 17.1 Å². The molecule has 0 radical (unpaired) electrons. The maximum absolute atomic E-state index is 10.9. The number of nitro groups is 2. The highest BCUT2D eigenvalue weighted by molar-refractivity contribution is 9.11. The van der Waals surface area contributed by atoms with E-state index >= 15 is 0 Å². The van der Waals surface area contributed by atoms with E-state index in [0.717, 1.165) is 0 Å². The van der Waals surface area contributed by atoms with Crippen LogP contribution < -0.4 is 5.43 Å². The van der Waals surface area contributed by atoms with Gasteiger partial charge in [-0.2, -0.15) is 5.10 Å². The van der Waals surface area contributed by atoms with Crippen molar-refractivity contribution < 1.29 is 14.3 Å². The quantitative estimate of drug-likeness (QED) is 0.257. The lowest BCUT2D eigenvalue weighted by Crippen LogP contribution is -1.91. The Labute approximate surface area is 174 Å². The van der Waals surface area contributed by atoms with Crippen molar-refractivity contribution in [3.63, 3.8) is 0 Å². The first-order valence-electron chi connectivity index (χ1n) is 7.62. The van der Waals surface area contributed by atoms with E-state index in [1.165, 1.54) is 42.6 Å². The number of nitrogens with zero attached hydrogens (tertiary/aromatic N) is 3. The first-order valence-corrected chi connectivity index (χ1v) is 9.21. The summed E-state index contributed by atoms with van der Waals surface area (Å²) >= 11 is 6.65. The van der Waals surface area contributed by atoms with Crippen molar-refractivity contribution in [1.29, 1.82) is 0 Å². The van der Waals surface area contributed by atoms with Gasteiger partial charge in [-0.1, -0.05) is 0 Å². The Morgan fingerprint density at radius 2 is 1.54 bits per heavy atom. The lowest BCUT2D eigenvalue weighted by Gasteiger charge is -2.04. The zero-order valence-corrected chi connectivity index (χ0v) is 17.0. The first kappa shape index (κ1) is 19.7. The number of non-ortho nitro benzene ring substituents is 2. The van der Waals surface area contributed by atoms with Gasteiger partial charge in [-0.05, 0) is 56.1 Å². The summed E-state index contributed by atoms with van der Waals surface area (Å²) in [5.41, 5.74) is 3.89. The number of halogens is 2. The summed E-state index contributed by atoms with van der Waals surface area (Å²) in [7, 11) is 0. The van der Waals surface area contributed by atoms with Crippen LogP contribution in [0.5, 0.6) is 0 Å². The topological polar surface area (TPSA) is 124 Å². The highest BCUT2D eigenvalue weighted by Crippen LogP contribution is 2.38. The SMILES string of the molecule is O=[N+]([O-])c1ccc(NN=Cc2ccc(-c3c(Br)cc([N+](=O)[O-])cc3Br)o2)cc1. The Balaban J connectivity index is 1.75.